The average molecular weight is 1270 g/mol. The number of aliphatic hydroxyl groups excluding tert-OH is 2. The fourth-order valence-electron chi connectivity index (χ4n) is 13.7. The van der Waals surface area contributed by atoms with Gasteiger partial charge in [-0.15, -0.1) is 0 Å². The molecule has 6 nitrogen and oxygen atoms in total. The standard InChI is InChI=1S/C84H165NO5/c1-3-5-7-9-11-13-15-17-19-21-22-23-24-33-36-39-42-45-48-52-56-60-64-68-72-76-82(87)81(80-86)85-83(88)77-73-69-65-61-57-53-49-46-43-40-37-34-31-29-27-25-26-28-30-32-35-38-41-44-47-51-55-59-63-67-71-75-79-90-84(89)78-74-70-66-62-58-54-50-20-18-16-14-12-10-8-6-4-2/h28,30,81-82,86-87H,3-27,29,31-80H2,1-2H3,(H,85,88)/b30-28-. The van der Waals surface area contributed by atoms with Gasteiger partial charge in [-0.2, -0.15) is 0 Å². The van der Waals surface area contributed by atoms with Gasteiger partial charge >= 0.3 is 5.97 Å². The second-order valence-electron chi connectivity index (χ2n) is 29.2. The largest absolute Gasteiger partial charge is 0.466 e. The molecule has 0 heterocycles. The molecule has 0 aliphatic rings. The van der Waals surface area contributed by atoms with Crippen molar-refractivity contribution in [1.82, 2.24) is 5.32 Å². The summed E-state index contributed by atoms with van der Waals surface area (Å²) in [6.45, 7) is 5.02. The summed E-state index contributed by atoms with van der Waals surface area (Å²) in [4.78, 5) is 24.7. The molecule has 0 aromatic carbocycles. The van der Waals surface area contributed by atoms with Gasteiger partial charge in [-0.05, 0) is 51.4 Å². The maximum absolute atomic E-state index is 12.6. The van der Waals surface area contributed by atoms with E-state index >= 15 is 0 Å². The van der Waals surface area contributed by atoms with Crippen molar-refractivity contribution >= 4 is 11.9 Å². The first-order valence-corrected chi connectivity index (χ1v) is 41.9. The fraction of sp³-hybridized carbons (Fsp3) is 0.952. The molecule has 0 radical (unpaired) electrons. The van der Waals surface area contributed by atoms with Crippen LogP contribution in [-0.4, -0.2) is 47.4 Å². The minimum absolute atomic E-state index is 0.0232. The van der Waals surface area contributed by atoms with Crippen LogP contribution in [0.2, 0.25) is 0 Å². The third-order valence-corrected chi connectivity index (χ3v) is 20.1. The number of esters is 1. The van der Waals surface area contributed by atoms with Crippen molar-refractivity contribution in [1.29, 1.82) is 0 Å². The van der Waals surface area contributed by atoms with Crippen LogP contribution in [0.1, 0.15) is 489 Å². The van der Waals surface area contributed by atoms with Crippen LogP contribution in [0.15, 0.2) is 12.2 Å². The quantitative estimate of drug-likeness (QED) is 0.0320. The number of allylic oxidation sites excluding steroid dienone is 2. The second kappa shape index (κ2) is 80.0. The maximum atomic E-state index is 12.6. The van der Waals surface area contributed by atoms with Crippen LogP contribution in [0.4, 0.5) is 0 Å². The highest BCUT2D eigenvalue weighted by molar-refractivity contribution is 5.76. The van der Waals surface area contributed by atoms with Gasteiger partial charge in [0.25, 0.3) is 0 Å². The van der Waals surface area contributed by atoms with Gasteiger partial charge in [0.1, 0.15) is 0 Å². The Kier molecular flexibility index (Phi) is 78.8. The molecule has 0 aliphatic heterocycles. The number of amides is 1. The monoisotopic (exact) mass is 1270 g/mol. The number of aliphatic hydroxyl groups is 2. The molecule has 2 atom stereocenters. The maximum Gasteiger partial charge on any atom is 0.305 e. The number of nitrogens with one attached hydrogen (secondary N) is 1. The zero-order valence-electron chi connectivity index (χ0n) is 61.7. The van der Waals surface area contributed by atoms with Gasteiger partial charge in [-0.25, -0.2) is 0 Å². The second-order valence-corrected chi connectivity index (χ2v) is 29.2. The lowest BCUT2D eigenvalue weighted by atomic mass is 10.0. The number of carbonyl (C=O) groups is 2. The highest BCUT2D eigenvalue weighted by Gasteiger charge is 2.20. The zero-order chi connectivity index (χ0) is 64.9. The van der Waals surface area contributed by atoms with E-state index in [-0.39, 0.29) is 18.5 Å². The molecule has 0 saturated carbocycles. The smallest absolute Gasteiger partial charge is 0.305 e. The van der Waals surface area contributed by atoms with E-state index in [1.54, 1.807) is 0 Å². The first-order chi connectivity index (χ1) is 44.5. The Bertz CT molecular complexity index is 1370. The summed E-state index contributed by atoms with van der Waals surface area (Å²) in [6.07, 6.45) is 102. The molecule has 0 aromatic rings. The Morgan fingerprint density at radius 2 is 0.522 bits per heavy atom. The van der Waals surface area contributed by atoms with Crippen LogP contribution in [0.3, 0.4) is 0 Å². The molecule has 0 aliphatic carbocycles. The molecule has 2 unspecified atom stereocenters. The van der Waals surface area contributed by atoms with Crippen LogP contribution >= 0.6 is 0 Å². The van der Waals surface area contributed by atoms with E-state index in [0.717, 1.165) is 38.5 Å². The van der Waals surface area contributed by atoms with E-state index in [9.17, 15) is 19.8 Å². The molecule has 0 saturated heterocycles. The molecule has 0 aromatic heterocycles. The number of ether oxygens (including phenoxy) is 1. The Hall–Kier alpha value is -1.40. The lowest BCUT2D eigenvalue weighted by Crippen LogP contribution is -2.45. The Morgan fingerprint density at radius 3 is 0.789 bits per heavy atom. The van der Waals surface area contributed by atoms with Crippen molar-refractivity contribution in [2.45, 2.75) is 501 Å². The fourth-order valence-corrected chi connectivity index (χ4v) is 13.7. The minimum Gasteiger partial charge on any atom is -0.466 e. The zero-order valence-corrected chi connectivity index (χ0v) is 61.7. The predicted molar refractivity (Wildman–Crippen MR) is 398 cm³/mol. The van der Waals surface area contributed by atoms with Crippen molar-refractivity contribution in [3.05, 3.63) is 12.2 Å². The molecule has 0 rings (SSSR count). The normalized spacial score (nSPS) is 12.4. The van der Waals surface area contributed by atoms with Crippen LogP contribution in [0.25, 0.3) is 0 Å². The predicted octanol–water partition coefficient (Wildman–Crippen LogP) is 27.8. The number of rotatable bonds is 80. The number of unbranched alkanes of at least 4 members (excludes halogenated alkanes) is 67. The number of hydrogen-bond acceptors (Lipinski definition) is 5. The molecule has 0 fully saturated rings. The van der Waals surface area contributed by atoms with E-state index in [0.29, 0.717) is 25.9 Å². The average Bonchev–Trinajstić information content (AvgIpc) is 3.67. The molecular weight excluding hydrogens is 1100 g/mol. The third-order valence-electron chi connectivity index (χ3n) is 20.1. The van der Waals surface area contributed by atoms with Gasteiger partial charge in [0, 0.05) is 12.8 Å². The molecule has 0 bridgehead atoms. The van der Waals surface area contributed by atoms with Crippen molar-refractivity contribution in [2.24, 2.45) is 0 Å². The van der Waals surface area contributed by atoms with Gasteiger partial charge in [0.15, 0.2) is 0 Å². The topological polar surface area (TPSA) is 95.9 Å². The van der Waals surface area contributed by atoms with Crippen LogP contribution < -0.4 is 5.32 Å². The first kappa shape index (κ1) is 88.6. The first-order valence-electron chi connectivity index (χ1n) is 41.9. The molecule has 90 heavy (non-hydrogen) atoms. The summed E-state index contributed by atoms with van der Waals surface area (Å²) < 4.78 is 5.51. The third kappa shape index (κ3) is 75.6. The summed E-state index contributed by atoms with van der Waals surface area (Å²) in [5.74, 6) is -0.00254. The lowest BCUT2D eigenvalue weighted by molar-refractivity contribution is -0.143. The lowest BCUT2D eigenvalue weighted by Gasteiger charge is -2.22. The highest BCUT2D eigenvalue weighted by Crippen LogP contribution is 2.21. The van der Waals surface area contributed by atoms with Gasteiger partial charge in [0.2, 0.25) is 5.91 Å². The van der Waals surface area contributed by atoms with E-state index < -0.39 is 12.1 Å². The molecular formula is C84H165NO5. The number of hydrogen-bond donors (Lipinski definition) is 3. The molecule has 0 spiro atoms. The molecule has 6 heteroatoms. The summed E-state index contributed by atoms with van der Waals surface area (Å²) >= 11 is 0. The van der Waals surface area contributed by atoms with Gasteiger partial charge in [-0.1, -0.05) is 437 Å². The van der Waals surface area contributed by atoms with Crippen LogP contribution in [0, 0.1) is 0 Å². The minimum atomic E-state index is -0.664. The van der Waals surface area contributed by atoms with Gasteiger partial charge in [-0.3, -0.25) is 9.59 Å². The Labute approximate surface area is 565 Å². The highest BCUT2D eigenvalue weighted by atomic mass is 16.5. The summed E-state index contributed by atoms with van der Waals surface area (Å²) in [5.41, 5.74) is 0. The summed E-state index contributed by atoms with van der Waals surface area (Å²) in [7, 11) is 0. The Balaban J connectivity index is 3.34. The van der Waals surface area contributed by atoms with Gasteiger partial charge < -0.3 is 20.3 Å². The molecule has 1 amide bonds. The summed E-state index contributed by atoms with van der Waals surface area (Å²) in [5, 5.41) is 23.5. The van der Waals surface area contributed by atoms with Crippen molar-refractivity contribution < 1.29 is 24.5 Å². The van der Waals surface area contributed by atoms with E-state index in [1.807, 2.05) is 0 Å². The van der Waals surface area contributed by atoms with Crippen LogP contribution in [-0.2, 0) is 14.3 Å². The molecule has 536 valence electrons. The van der Waals surface area contributed by atoms with Crippen molar-refractivity contribution in [2.75, 3.05) is 13.2 Å². The van der Waals surface area contributed by atoms with E-state index in [2.05, 4.69) is 31.3 Å². The molecule has 3 N–H and O–H groups in total. The number of carbonyl (C=O) groups excluding carboxylic acids is 2. The summed E-state index contributed by atoms with van der Waals surface area (Å²) in [6, 6.07) is -0.541. The SMILES string of the molecule is CCCCCCCCCCCCCCCCCCCCCCCCCCCC(O)C(CO)NC(=O)CCCCCCCCCCCCCCCCCC/C=C\CCCCCCCCCCCCCCOC(=O)CCCCCCCCCCCCCCCCCC. The van der Waals surface area contributed by atoms with Crippen molar-refractivity contribution in [3.8, 4) is 0 Å². The Morgan fingerprint density at radius 1 is 0.300 bits per heavy atom. The van der Waals surface area contributed by atoms with Gasteiger partial charge in [0.05, 0.1) is 25.4 Å². The van der Waals surface area contributed by atoms with Crippen LogP contribution in [0.5, 0.6) is 0 Å². The van der Waals surface area contributed by atoms with E-state index in [1.165, 1.54) is 417 Å². The van der Waals surface area contributed by atoms with E-state index in [4.69, 9.17) is 4.74 Å². The van der Waals surface area contributed by atoms with Crippen molar-refractivity contribution in [3.63, 3.8) is 0 Å².